The Hall–Kier alpha value is -2.28. The van der Waals surface area contributed by atoms with Gasteiger partial charge in [0.2, 0.25) is 11.8 Å². The minimum Gasteiger partial charge on any atom is -0.444 e. The predicted octanol–water partition coefficient (Wildman–Crippen LogP) is 1.88. The van der Waals surface area contributed by atoms with Crippen LogP contribution in [0.4, 0.5) is 4.79 Å². The quantitative estimate of drug-likeness (QED) is 0.440. The monoisotopic (exact) mass is 313 g/mol. The molecule has 124 valence electrons. The first-order chi connectivity index (χ1) is 10.1. The largest absolute Gasteiger partial charge is 0.444 e. The molecule has 0 fully saturated rings. The maximum Gasteiger partial charge on any atom is 0.408 e. The molecule has 0 saturated carbocycles. The van der Waals surface area contributed by atoms with Crippen LogP contribution in [-0.4, -0.2) is 36.1 Å². The van der Waals surface area contributed by atoms with E-state index in [1.165, 1.54) is 0 Å². The summed E-state index contributed by atoms with van der Waals surface area (Å²) in [6.07, 6.45) is -0.124. The van der Waals surface area contributed by atoms with Crippen molar-refractivity contribution < 1.29 is 19.1 Å². The van der Waals surface area contributed by atoms with E-state index in [4.69, 9.17) is 10.3 Å². The van der Waals surface area contributed by atoms with Gasteiger partial charge in [0, 0.05) is 4.91 Å². The lowest BCUT2D eigenvalue weighted by atomic mass is 9.98. The molecule has 0 aliphatic carbocycles. The number of alkyl carbamates (subject to hydrolysis) is 1. The smallest absolute Gasteiger partial charge is 0.408 e. The Kier molecular flexibility index (Phi) is 7.96. The lowest BCUT2D eigenvalue weighted by Gasteiger charge is -2.22. The number of carbonyl (C=O) groups excluding carboxylic acids is 3. The van der Waals surface area contributed by atoms with Gasteiger partial charge in [-0.1, -0.05) is 20.3 Å². The third kappa shape index (κ3) is 8.11. The normalized spacial score (nSPS) is 13.3. The Balaban J connectivity index is 4.55. The van der Waals surface area contributed by atoms with Crippen LogP contribution in [0.2, 0.25) is 0 Å². The molecule has 0 saturated heterocycles. The lowest BCUT2D eigenvalue weighted by Crippen LogP contribution is -2.48. The van der Waals surface area contributed by atoms with Crippen molar-refractivity contribution in [1.29, 1.82) is 0 Å². The molecular weight excluding hydrogens is 290 g/mol. The van der Waals surface area contributed by atoms with E-state index in [-0.39, 0.29) is 12.5 Å². The van der Waals surface area contributed by atoms with Crippen LogP contribution in [0.3, 0.4) is 0 Å². The van der Waals surface area contributed by atoms with Crippen LogP contribution in [-0.2, 0) is 14.3 Å². The van der Waals surface area contributed by atoms with Gasteiger partial charge in [0.25, 0.3) is 0 Å². The van der Waals surface area contributed by atoms with Gasteiger partial charge in [0.15, 0.2) is 0 Å². The van der Waals surface area contributed by atoms with E-state index in [1.807, 2.05) is 6.92 Å². The van der Waals surface area contributed by atoms with Crippen molar-refractivity contribution >= 4 is 17.9 Å². The Morgan fingerprint density at radius 3 is 2.36 bits per heavy atom. The molecule has 2 atom stereocenters. The zero-order valence-electron chi connectivity index (χ0n) is 13.5. The summed E-state index contributed by atoms with van der Waals surface area (Å²) in [6, 6.07) is -0.922. The Labute approximate surface area is 129 Å². The minimum absolute atomic E-state index is 0.205. The molecule has 0 spiro atoms. The highest BCUT2D eigenvalue weighted by Gasteiger charge is 2.25. The van der Waals surface area contributed by atoms with Crippen LogP contribution in [0.5, 0.6) is 0 Å². The molecule has 2 N–H and O–H groups in total. The predicted molar refractivity (Wildman–Crippen MR) is 79.8 cm³/mol. The third-order valence-corrected chi connectivity index (χ3v) is 2.73. The summed E-state index contributed by atoms with van der Waals surface area (Å²) in [5, 5.41) is 7.74. The highest BCUT2D eigenvalue weighted by molar-refractivity contribution is 5.90. The molecule has 0 unspecified atom stereocenters. The summed E-state index contributed by atoms with van der Waals surface area (Å²) in [4.78, 5) is 37.3. The van der Waals surface area contributed by atoms with Crippen molar-refractivity contribution in [3.63, 3.8) is 0 Å². The number of azide groups is 1. The zero-order valence-corrected chi connectivity index (χ0v) is 13.5. The van der Waals surface area contributed by atoms with Crippen molar-refractivity contribution in [2.24, 2.45) is 11.0 Å². The van der Waals surface area contributed by atoms with E-state index < -0.39 is 29.6 Å². The topological polar surface area (TPSA) is 133 Å². The average Bonchev–Trinajstić information content (AvgIpc) is 2.40. The van der Waals surface area contributed by atoms with E-state index in [2.05, 4.69) is 20.7 Å². The number of rotatable bonds is 6. The molecule has 0 aromatic heterocycles. The lowest BCUT2D eigenvalue weighted by molar-refractivity contribution is -0.127. The van der Waals surface area contributed by atoms with Crippen LogP contribution < -0.4 is 10.6 Å². The van der Waals surface area contributed by atoms with Crippen LogP contribution in [0.25, 0.3) is 10.4 Å². The molecule has 0 rings (SSSR count). The highest BCUT2D eigenvalue weighted by Crippen LogP contribution is 2.09. The average molecular weight is 313 g/mol. The number of hydrogen-bond acceptors (Lipinski definition) is 4. The first kappa shape index (κ1) is 19.7. The maximum atomic E-state index is 11.8. The Morgan fingerprint density at radius 2 is 1.91 bits per heavy atom. The van der Waals surface area contributed by atoms with Gasteiger partial charge in [-0.15, -0.1) is 0 Å². The van der Waals surface area contributed by atoms with E-state index in [0.717, 1.165) is 0 Å². The van der Waals surface area contributed by atoms with E-state index >= 15 is 0 Å². The summed E-state index contributed by atoms with van der Waals surface area (Å²) in [5.74, 6) is -1.54. The van der Waals surface area contributed by atoms with Crippen molar-refractivity contribution in [3.8, 4) is 0 Å². The molecule has 9 nitrogen and oxygen atoms in total. The number of ether oxygens (including phenoxy) is 1. The second-order valence-corrected chi connectivity index (χ2v) is 5.81. The number of hydrogen-bond donors (Lipinski definition) is 2. The molecule has 0 aliphatic heterocycles. The maximum absolute atomic E-state index is 11.8. The van der Waals surface area contributed by atoms with Crippen LogP contribution in [0, 0.1) is 5.92 Å². The second-order valence-electron chi connectivity index (χ2n) is 5.81. The van der Waals surface area contributed by atoms with Gasteiger partial charge in [-0.3, -0.25) is 9.59 Å². The molecule has 0 heterocycles. The zero-order chi connectivity index (χ0) is 17.3. The van der Waals surface area contributed by atoms with Gasteiger partial charge in [0.1, 0.15) is 12.1 Å². The van der Waals surface area contributed by atoms with Gasteiger partial charge < -0.3 is 15.4 Å². The van der Waals surface area contributed by atoms with E-state index in [1.54, 1.807) is 27.7 Å². The standard InChI is InChI=1S/C13H23N5O4/c1-6-8(2)10(11(20)17-18-14)16-9(19)7-15-12(21)22-13(3,4)5/h8,10H,6-7H2,1-5H3,(H,15,21)(H,16,19)/t8-,10-/m0/s1. The molecule has 9 heteroatoms. The first-order valence-corrected chi connectivity index (χ1v) is 6.95. The summed E-state index contributed by atoms with van der Waals surface area (Å²) in [6.45, 7) is 8.34. The van der Waals surface area contributed by atoms with Gasteiger partial charge >= 0.3 is 6.09 Å². The summed E-state index contributed by atoms with van der Waals surface area (Å²) in [5.41, 5.74) is 7.64. The number of nitrogens with one attached hydrogen (secondary N) is 2. The fraction of sp³-hybridized carbons (Fsp3) is 0.769. The number of nitrogens with zero attached hydrogens (tertiary/aromatic N) is 3. The van der Waals surface area contributed by atoms with Gasteiger partial charge in [0.05, 0.1) is 6.04 Å². The van der Waals surface area contributed by atoms with Crippen molar-refractivity contribution in [2.45, 2.75) is 52.7 Å². The number of amides is 3. The van der Waals surface area contributed by atoms with Crippen LogP contribution in [0.1, 0.15) is 41.0 Å². The molecule has 0 aliphatic rings. The van der Waals surface area contributed by atoms with Gasteiger partial charge in [-0.2, -0.15) is 0 Å². The van der Waals surface area contributed by atoms with Crippen LogP contribution in [0.15, 0.2) is 5.11 Å². The SMILES string of the molecule is CC[C@H](C)[C@H](NC(=O)CNC(=O)OC(C)(C)C)C(=O)N=[N+]=[N-]. The summed E-state index contributed by atoms with van der Waals surface area (Å²) >= 11 is 0. The van der Waals surface area contributed by atoms with Crippen molar-refractivity contribution in [3.05, 3.63) is 10.4 Å². The molecular formula is C13H23N5O4. The van der Waals surface area contributed by atoms with Crippen molar-refractivity contribution in [1.82, 2.24) is 10.6 Å². The molecule has 22 heavy (non-hydrogen) atoms. The van der Waals surface area contributed by atoms with Crippen LogP contribution >= 0.6 is 0 Å². The fourth-order valence-electron chi connectivity index (χ4n) is 1.48. The first-order valence-electron chi connectivity index (χ1n) is 6.95. The van der Waals surface area contributed by atoms with Crippen molar-refractivity contribution in [2.75, 3.05) is 6.54 Å². The van der Waals surface area contributed by atoms with E-state index in [9.17, 15) is 14.4 Å². The molecule has 3 amide bonds. The third-order valence-electron chi connectivity index (χ3n) is 2.73. The molecule has 0 radical (unpaired) electrons. The van der Waals surface area contributed by atoms with Gasteiger partial charge in [-0.25, -0.2) is 4.79 Å². The van der Waals surface area contributed by atoms with Gasteiger partial charge in [-0.05, 0) is 37.3 Å². The molecule has 0 bridgehead atoms. The Bertz CT molecular complexity index is 466. The Morgan fingerprint density at radius 1 is 1.32 bits per heavy atom. The number of carbonyl (C=O) groups is 3. The summed E-state index contributed by atoms with van der Waals surface area (Å²) < 4.78 is 4.98. The fourth-order valence-corrected chi connectivity index (χ4v) is 1.48. The van der Waals surface area contributed by atoms with E-state index in [0.29, 0.717) is 6.42 Å². The second kappa shape index (κ2) is 8.89. The minimum atomic E-state index is -0.922. The highest BCUT2D eigenvalue weighted by atomic mass is 16.6. The molecule has 0 aromatic carbocycles. The summed E-state index contributed by atoms with van der Waals surface area (Å²) in [7, 11) is 0. The molecule has 0 aromatic rings.